The second-order valence-corrected chi connectivity index (χ2v) is 5.59. The van der Waals surface area contributed by atoms with Crippen LogP contribution in [0.15, 0.2) is 28.8 Å². The summed E-state index contributed by atoms with van der Waals surface area (Å²) >= 11 is 0. The van der Waals surface area contributed by atoms with Gasteiger partial charge < -0.3 is 19.3 Å². The fourth-order valence-electron chi connectivity index (χ4n) is 2.68. The molecular formula is C17H20N2O4. The van der Waals surface area contributed by atoms with Gasteiger partial charge in [-0.05, 0) is 38.0 Å². The van der Waals surface area contributed by atoms with E-state index in [1.165, 1.54) is 0 Å². The van der Waals surface area contributed by atoms with Crippen molar-refractivity contribution in [1.29, 1.82) is 0 Å². The molecule has 23 heavy (non-hydrogen) atoms. The minimum atomic E-state index is -0.520. The topological polar surface area (TPSA) is 73.6 Å². The fraction of sp³-hybridized carbons (Fsp3) is 0.412. The van der Waals surface area contributed by atoms with E-state index in [-0.39, 0.29) is 5.91 Å². The molecule has 1 N–H and O–H groups in total. The van der Waals surface area contributed by atoms with E-state index >= 15 is 0 Å². The van der Waals surface area contributed by atoms with E-state index in [4.69, 9.17) is 14.0 Å². The quantitative estimate of drug-likeness (QED) is 0.886. The highest BCUT2D eigenvalue weighted by Gasteiger charge is 2.53. The predicted molar refractivity (Wildman–Crippen MR) is 84.6 cm³/mol. The number of carbonyl (C=O) groups is 1. The van der Waals surface area contributed by atoms with Gasteiger partial charge in [0.15, 0.2) is 17.3 Å². The van der Waals surface area contributed by atoms with Crippen molar-refractivity contribution in [1.82, 2.24) is 10.5 Å². The van der Waals surface area contributed by atoms with Crippen molar-refractivity contribution in [3.8, 4) is 22.8 Å². The van der Waals surface area contributed by atoms with Crippen LogP contribution in [0.2, 0.25) is 0 Å². The van der Waals surface area contributed by atoms with Crippen molar-refractivity contribution in [2.75, 3.05) is 20.8 Å². The highest BCUT2D eigenvalue weighted by molar-refractivity contribution is 5.91. The number of likely N-dealkylation sites (N-methyl/N-ethyl adjacent to an activating group) is 1. The summed E-state index contributed by atoms with van der Waals surface area (Å²) in [5, 5.41) is 6.99. The van der Waals surface area contributed by atoms with E-state index in [2.05, 4.69) is 10.5 Å². The first-order chi connectivity index (χ1) is 11.1. The maximum absolute atomic E-state index is 12.2. The molecule has 3 rings (SSSR count). The standard InChI is InChI=1S/C17H20N2O4/c1-4-18-16(20)17(7-8-17)15-10-13(23-19-15)11-5-6-12(21-2)14(9-11)22-3/h5-6,9-10H,4,7-8H2,1-3H3,(H,18,20). The van der Waals surface area contributed by atoms with Gasteiger partial charge in [0.1, 0.15) is 0 Å². The van der Waals surface area contributed by atoms with Gasteiger partial charge in [-0.1, -0.05) is 5.16 Å². The average molecular weight is 316 g/mol. The number of hydrogen-bond donors (Lipinski definition) is 1. The molecule has 1 amide bonds. The maximum atomic E-state index is 12.2. The number of amides is 1. The van der Waals surface area contributed by atoms with Crippen molar-refractivity contribution < 1.29 is 18.8 Å². The summed E-state index contributed by atoms with van der Waals surface area (Å²) in [6, 6.07) is 7.35. The minimum Gasteiger partial charge on any atom is -0.493 e. The third-order valence-corrected chi connectivity index (χ3v) is 4.19. The highest BCUT2D eigenvalue weighted by Crippen LogP contribution is 2.48. The molecule has 6 heteroatoms. The zero-order valence-corrected chi connectivity index (χ0v) is 13.5. The number of carbonyl (C=O) groups excluding carboxylic acids is 1. The van der Waals surface area contributed by atoms with Gasteiger partial charge in [-0.2, -0.15) is 0 Å². The molecule has 122 valence electrons. The Balaban J connectivity index is 1.89. The number of aromatic nitrogens is 1. The summed E-state index contributed by atoms with van der Waals surface area (Å²) in [7, 11) is 3.18. The second kappa shape index (κ2) is 5.95. The van der Waals surface area contributed by atoms with Crippen LogP contribution in [0.3, 0.4) is 0 Å². The number of hydrogen-bond acceptors (Lipinski definition) is 5. The van der Waals surface area contributed by atoms with Gasteiger partial charge in [0, 0.05) is 18.2 Å². The van der Waals surface area contributed by atoms with Crippen LogP contribution in [0.5, 0.6) is 11.5 Å². The SMILES string of the molecule is CCNC(=O)C1(c2cc(-c3ccc(OC)c(OC)c3)on2)CC1. The number of nitrogens with one attached hydrogen (secondary N) is 1. The van der Waals surface area contributed by atoms with Crippen molar-refractivity contribution in [3.05, 3.63) is 30.0 Å². The lowest BCUT2D eigenvalue weighted by molar-refractivity contribution is -0.123. The lowest BCUT2D eigenvalue weighted by Gasteiger charge is -2.10. The Morgan fingerprint density at radius 1 is 1.26 bits per heavy atom. The van der Waals surface area contributed by atoms with Crippen LogP contribution in [-0.2, 0) is 10.2 Å². The van der Waals surface area contributed by atoms with Crippen LogP contribution >= 0.6 is 0 Å². The summed E-state index contributed by atoms with van der Waals surface area (Å²) in [4.78, 5) is 12.2. The van der Waals surface area contributed by atoms with Gasteiger partial charge in [-0.3, -0.25) is 4.79 Å². The van der Waals surface area contributed by atoms with E-state index in [1.54, 1.807) is 14.2 Å². The Bertz CT molecular complexity index is 719. The maximum Gasteiger partial charge on any atom is 0.232 e. The molecule has 2 aromatic rings. The number of benzene rings is 1. The number of nitrogens with zero attached hydrogens (tertiary/aromatic N) is 1. The van der Waals surface area contributed by atoms with E-state index in [0.29, 0.717) is 29.5 Å². The van der Waals surface area contributed by atoms with Crippen LogP contribution < -0.4 is 14.8 Å². The van der Waals surface area contributed by atoms with Crippen molar-refractivity contribution in [3.63, 3.8) is 0 Å². The van der Waals surface area contributed by atoms with Crippen LogP contribution in [0, 0.1) is 0 Å². The van der Waals surface area contributed by atoms with Gasteiger partial charge in [-0.15, -0.1) is 0 Å². The van der Waals surface area contributed by atoms with E-state index in [9.17, 15) is 4.79 Å². The zero-order valence-electron chi connectivity index (χ0n) is 13.5. The first-order valence-corrected chi connectivity index (χ1v) is 7.62. The molecule has 1 heterocycles. The highest BCUT2D eigenvalue weighted by atomic mass is 16.5. The van der Waals surface area contributed by atoms with Gasteiger partial charge in [0.25, 0.3) is 0 Å². The van der Waals surface area contributed by atoms with Gasteiger partial charge in [0.2, 0.25) is 5.91 Å². The molecule has 1 aliphatic carbocycles. The molecule has 6 nitrogen and oxygen atoms in total. The summed E-state index contributed by atoms with van der Waals surface area (Å²) < 4.78 is 16.0. The van der Waals surface area contributed by atoms with Crippen molar-refractivity contribution >= 4 is 5.91 Å². The lowest BCUT2D eigenvalue weighted by atomic mass is 10.0. The van der Waals surface area contributed by atoms with Crippen LogP contribution in [0.25, 0.3) is 11.3 Å². The van der Waals surface area contributed by atoms with Crippen molar-refractivity contribution in [2.24, 2.45) is 0 Å². The summed E-state index contributed by atoms with van der Waals surface area (Å²) in [5.41, 5.74) is 0.996. The molecule has 0 saturated heterocycles. The molecular weight excluding hydrogens is 296 g/mol. The third kappa shape index (κ3) is 2.65. The molecule has 0 bridgehead atoms. The molecule has 1 fully saturated rings. The molecule has 0 atom stereocenters. The third-order valence-electron chi connectivity index (χ3n) is 4.19. The first kappa shape index (κ1) is 15.4. The Kier molecular flexibility index (Phi) is 3.98. The predicted octanol–water partition coefficient (Wildman–Crippen LogP) is 2.53. The Hall–Kier alpha value is -2.50. The fourth-order valence-corrected chi connectivity index (χ4v) is 2.68. The number of rotatable bonds is 6. The Morgan fingerprint density at radius 3 is 2.61 bits per heavy atom. The Labute approximate surface area is 134 Å². The molecule has 1 aromatic carbocycles. The van der Waals surface area contributed by atoms with E-state index < -0.39 is 5.41 Å². The molecule has 1 aliphatic rings. The number of ether oxygens (including phenoxy) is 2. The largest absolute Gasteiger partial charge is 0.493 e. The second-order valence-electron chi connectivity index (χ2n) is 5.59. The van der Waals surface area contributed by atoms with Gasteiger partial charge in [0.05, 0.1) is 25.3 Å². The van der Waals surface area contributed by atoms with Crippen molar-refractivity contribution in [2.45, 2.75) is 25.2 Å². The lowest BCUT2D eigenvalue weighted by Crippen LogP contribution is -2.34. The molecule has 1 aromatic heterocycles. The first-order valence-electron chi connectivity index (χ1n) is 7.62. The van der Waals surface area contributed by atoms with E-state index in [0.717, 1.165) is 18.4 Å². The summed E-state index contributed by atoms with van der Waals surface area (Å²) in [5.74, 6) is 1.90. The zero-order chi connectivity index (χ0) is 16.4. The average Bonchev–Trinajstić information content (AvgIpc) is 3.25. The summed E-state index contributed by atoms with van der Waals surface area (Å²) in [6.07, 6.45) is 1.60. The normalized spacial score (nSPS) is 15.1. The minimum absolute atomic E-state index is 0.0205. The number of methoxy groups -OCH3 is 2. The van der Waals surface area contributed by atoms with Crippen LogP contribution in [-0.4, -0.2) is 31.8 Å². The van der Waals surface area contributed by atoms with Crippen LogP contribution in [0.1, 0.15) is 25.5 Å². The smallest absolute Gasteiger partial charge is 0.232 e. The molecule has 0 spiro atoms. The molecule has 0 unspecified atom stereocenters. The molecule has 0 radical (unpaired) electrons. The van der Waals surface area contributed by atoms with E-state index in [1.807, 2.05) is 31.2 Å². The summed E-state index contributed by atoms with van der Waals surface area (Å²) in [6.45, 7) is 2.52. The van der Waals surface area contributed by atoms with Gasteiger partial charge >= 0.3 is 0 Å². The Morgan fingerprint density at radius 2 is 2.00 bits per heavy atom. The molecule has 1 saturated carbocycles. The van der Waals surface area contributed by atoms with Crippen LogP contribution in [0.4, 0.5) is 0 Å². The molecule has 0 aliphatic heterocycles. The monoisotopic (exact) mass is 316 g/mol. The van der Waals surface area contributed by atoms with Gasteiger partial charge in [-0.25, -0.2) is 0 Å².